The number of ether oxygens (including phenoxy) is 1. The van der Waals surface area contributed by atoms with E-state index in [1.165, 1.54) is 0 Å². The summed E-state index contributed by atoms with van der Waals surface area (Å²) in [5.41, 5.74) is 2.76. The Labute approximate surface area is 137 Å². The summed E-state index contributed by atoms with van der Waals surface area (Å²) in [4.78, 5) is 16.0. The standard InChI is InChI=1S/C17H17F3N2O2/c1-12-8-15(6-7-21-12)16(23)22-9-13-2-4-14(5-3-13)10-24-11-17(18,19)20/h2-8H,9-11H2,1H3,(H,22,23). The Morgan fingerprint density at radius 2 is 1.83 bits per heavy atom. The molecule has 0 fully saturated rings. The zero-order chi connectivity index (χ0) is 17.6. The van der Waals surface area contributed by atoms with Gasteiger partial charge in [-0.25, -0.2) is 0 Å². The van der Waals surface area contributed by atoms with E-state index in [4.69, 9.17) is 0 Å². The minimum absolute atomic E-state index is 0.109. The molecule has 0 spiro atoms. The molecule has 24 heavy (non-hydrogen) atoms. The second kappa shape index (κ2) is 7.92. The van der Waals surface area contributed by atoms with Crippen molar-refractivity contribution in [2.24, 2.45) is 0 Å². The summed E-state index contributed by atoms with van der Waals surface area (Å²) < 4.78 is 40.6. The van der Waals surface area contributed by atoms with Gasteiger partial charge >= 0.3 is 6.18 Å². The average Bonchev–Trinajstić information content (AvgIpc) is 2.52. The van der Waals surface area contributed by atoms with Crippen molar-refractivity contribution in [3.63, 3.8) is 0 Å². The first-order valence-corrected chi connectivity index (χ1v) is 7.27. The highest BCUT2D eigenvalue weighted by Gasteiger charge is 2.27. The van der Waals surface area contributed by atoms with Crippen molar-refractivity contribution in [2.45, 2.75) is 26.3 Å². The molecule has 1 aromatic carbocycles. The first-order valence-electron chi connectivity index (χ1n) is 7.27. The Kier molecular flexibility index (Phi) is 5.92. The summed E-state index contributed by atoms with van der Waals surface area (Å²) in [6.07, 6.45) is -2.75. The number of halogens is 3. The molecule has 1 amide bonds. The third-order valence-electron chi connectivity index (χ3n) is 3.17. The maximum Gasteiger partial charge on any atom is 0.411 e. The van der Waals surface area contributed by atoms with E-state index in [1.807, 2.05) is 0 Å². The highest BCUT2D eigenvalue weighted by Crippen LogP contribution is 2.15. The Morgan fingerprint density at radius 1 is 1.17 bits per heavy atom. The highest BCUT2D eigenvalue weighted by atomic mass is 19.4. The fraction of sp³-hybridized carbons (Fsp3) is 0.294. The lowest BCUT2D eigenvalue weighted by molar-refractivity contribution is -0.176. The lowest BCUT2D eigenvalue weighted by Crippen LogP contribution is -2.22. The Bertz CT molecular complexity index is 685. The van der Waals surface area contributed by atoms with Crippen LogP contribution in [0, 0.1) is 6.92 Å². The van der Waals surface area contributed by atoms with Crippen LogP contribution in [0.25, 0.3) is 0 Å². The molecular weight excluding hydrogens is 321 g/mol. The van der Waals surface area contributed by atoms with Crippen LogP contribution in [0.5, 0.6) is 0 Å². The van der Waals surface area contributed by atoms with Crippen LogP contribution in [-0.2, 0) is 17.9 Å². The first kappa shape index (κ1) is 17.9. The number of hydrogen-bond donors (Lipinski definition) is 1. The van der Waals surface area contributed by atoms with Crippen LogP contribution in [0.15, 0.2) is 42.6 Å². The summed E-state index contributed by atoms with van der Waals surface area (Å²) in [5, 5.41) is 2.78. The van der Waals surface area contributed by atoms with Gasteiger partial charge in [0.05, 0.1) is 6.61 Å². The predicted molar refractivity (Wildman–Crippen MR) is 82.3 cm³/mol. The number of pyridine rings is 1. The fourth-order valence-electron chi connectivity index (χ4n) is 2.01. The second-order valence-corrected chi connectivity index (χ2v) is 5.29. The number of nitrogens with one attached hydrogen (secondary N) is 1. The van der Waals surface area contributed by atoms with Crippen molar-refractivity contribution in [1.29, 1.82) is 0 Å². The van der Waals surface area contributed by atoms with Crippen LogP contribution >= 0.6 is 0 Å². The van der Waals surface area contributed by atoms with Gasteiger partial charge in [-0.3, -0.25) is 9.78 Å². The maximum absolute atomic E-state index is 12.0. The molecule has 0 atom stereocenters. The molecule has 1 N–H and O–H groups in total. The van der Waals surface area contributed by atoms with Gasteiger partial charge in [-0.1, -0.05) is 24.3 Å². The van der Waals surface area contributed by atoms with Crippen LogP contribution in [0.2, 0.25) is 0 Å². The van der Waals surface area contributed by atoms with E-state index in [0.29, 0.717) is 17.7 Å². The van der Waals surface area contributed by atoms with Crippen molar-refractivity contribution in [3.05, 3.63) is 65.0 Å². The molecule has 2 aromatic rings. The SMILES string of the molecule is Cc1cc(C(=O)NCc2ccc(COCC(F)(F)F)cc2)ccn1. The predicted octanol–water partition coefficient (Wildman–Crippen LogP) is 3.40. The number of carbonyl (C=O) groups is 1. The normalized spacial score (nSPS) is 11.3. The van der Waals surface area contributed by atoms with Crippen molar-refractivity contribution in [2.75, 3.05) is 6.61 Å². The Hall–Kier alpha value is -2.41. The van der Waals surface area contributed by atoms with Crippen molar-refractivity contribution < 1.29 is 22.7 Å². The van der Waals surface area contributed by atoms with Crippen LogP contribution in [0.1, 0.15) is 27.2 Å². The van der Waals surface area contributed by atoms with Gasteiger partial charge in [-0.15, -0.1) is 0 Å². The molecule has 0 saturated carbocycles. The van der Waals surface area contributed by atoms with Crippen molar-refractivity contribution in [3.8, 4) is 0 Å². The number of aryl methyl sites for hydroxylation is 1. The zero-order valence-electron chi connectivity index (χ0n) is 13.1. The minimum Gasteiger partial charge on any atom is -0.367 e. The van der Waals surface area contributed by atoms with E-state index in [9.17, 15) is 18.0 Å². The van der Waals surface area contributed by atoms with Gasteiger partial charge in [-0.2, -0.15) is 13.2 Å². The van der Waals surface area contributed by atoms with Crippen molar-refractivity contribution in [1.82, 2.24) is 10.3 Å². The molecule has 0 aliphatic rings. The monoisotopic (exact) mass is 338 g/mol. The number of rotatable bonds is 6. The third-order valence-corrected chi connectivity index (χ3v) is 3.17. The molecule has 0 aliphatic heterocycles. The summed E-state index contributed by atoms with van der Waals surface area (Å²) in [5.74, 6) is -0.210. The van der Waals surface area contributed by atoms with Crippen LogP contribution in [0.3, 0.4) is 0 Å². The summed E-state index contributed by atoms with van der Waals surface area (Å²) in [6, 6.07) is 10.2. The molecule has 1 heterocycles. The number of amides is 1. The van der Waals surface area contributed by atoms with Gasteiger partial charge in [0.2, 0.25) is 0 Å². The van der Waals surface area contributed by atoms with E-state index in [1.54, 1.807) is 49.5 Å². The van der Waals surface area contributed by atoms with Gasteiger partial charge < -0.3 is 10.1 Å². The summed E-state index contributed by atoms with van der Waals surface area (Å²) in [6.45, 7) is 0.749. The Balaban J connectivity index is 1.82. The summed E-state index contributed by atoms with van der Waals surface area (Å²) >= 11 is 0. The molecule has 7 heteroatoms. The third kappa shape index (κ3) is 6.00. The molecular formula is C17H17F3N2O2. The Morgan fingerprint density at radius 3 is 2.46 bits per heavy atom. The lowest BCUT2D eigenvalue weighted by Gasteiger charge is -2.09. The van der Waals surface area contributed by atoms with Crippen molar-refractivity contribution >= 4 is 5.91 Å². The van der Waals surface area contributed by atoms with E-state index in [-0.39, 0.29) is 12.5 Å². The van der Waals surface area contributed by atoms with E-state index in [2.05, 4.69) is 15.0 Å². The summed E-state index contributed by atoms with van der Waals surface area (Å²) in [7, 11) is 0. The smallest absolute Gasteiger partial charge is 0.367 e. The highest BCUT2D eigenvalue weighted by molar-refractivity contribution is 5.94. The zero-order valence-corrected chi connectivity index (χ0v) is 13.1. The average molecular weight is 338 g/mol. The van der Waals surface area contributed by atoms with E-state index >= 15 is 0 Å². The van der Waals surface area contributed by atoms with Crippen LogP contribution in [0.4, 0.5) is 13.2 Å². The number of nitrogens with zero attached hydrogens (tertiary/aromatic N) is 1. The number of benzene rings is 1. The molecule has 128 valence electrons. The molecule has 0 unspecified atom stereocenters. The van der Waals surface area contributed by atoms with Gasteiger partial charge in [0.15, 0.2) is 0 Å². The first-order chi connectivity index (χ1) is 11.3. The molecule has 0 aliphatic carbocycles. The molecule has 1 aromatic heterocycles. The minimum atomic E-state index is -4.32. The largest absolute Gasteiger partial charge is 0.411 e. The molecule has 2 rings (SSSR count). The number of hydrogen-bond acceptors (Lipinski definition) is 3. The van der Waals surface area contributed by atoms with E-state index in [0.717, 1.165) is 11.3 Å². The molecule has 4 nitrogen and oxygen atoms in total. The van der Waals surface area contributed by atoms with Gasteiger partial charge in [-0.05, 0) is 30.2 Å². The van der Waals surface area contributed by atoms with Gasteiger partial charge in [0, 0.05) is 24.0 Å². The second-order valence-electron chi connectivity index (χ2n) is 5.29. The number of alkyl halides is 3. The topological polar surface area (TPSA) is 51.2 Å². The quantitative estimate of drug-likeness (QED) is 0.878. The van der Waals surface area contributed by atoms with Crippen LogP contribution in [-0.4, -0.2) is 23.7 Å². The van der Waals surface area contributed by atoms with Crippen LogP contribution < -0.4 is 5.32 Å². The van der Waals surface area contributed by atoms with E-state index < -0.39 is 12.8 Å². The molecule has 0 radical (unpaired) electrons. The lowest BCUT2D eigenvalue weighted by atomic mass is 10.1. The number of carbonyl (C=O) groups excluding carboxylic acids is 1. The number of aromatic nitrogens is 1. The maximum atomic E-state index is 12.0. The van der Waals surface area contributed by atoms with Gasteiger partial charge in [0.25, 0.3) is 5.91 Å². The van der Waals surface area contributed by atoms with Gasteiger partial charge in [0.1, 0.15) is 6.61 Å². The molecule has 0 saturated heterocycles. The molecule has 0 bridgehead atoms. The fourth-order valence-corrected chi connectivity index (χ4v) is 2.01.